The van der Waals surface area contributed by atoms with Crippen molar-refractivity contribution in [1.82, 2.24) is 10.2 Å². The van der Waals surface area contributed by atoms with E-state index in [1.165, 1.54) is 0 Å². The van der Waals surface area contributed by atoms with Gasteiger partial charge in [-0.2, -0.15) is 12.7 Å². The molecular weight excluding hydrogens is 310 g/mol. The summed E-state index contributed by atoms with van der Waals surface area (Å²) in [6.07, 6.45) is 6.09. The molecule has 0 aliphatic rings. The maximum absolute atomic E-state index is 3.82. The van der Waals surface area contributed by atoms with E-state index in [0.29, 0.717) is 0 Å². The van der Waals surface area contributed by atoms with E-state index in [9.17, 15) is 0 Å². The first-order valence-corrected chi connectivity index (χ1v) is 2.89. The molecule has 0 saturated heterocycles. The van der Waals surface area contributed by atoms with Gasteiger partial charge >= 0.3 is 0 Å². The van der Waals surface area contributed by atoms with Crippen molar-refractivity contribution in [3.05, 3.63) is 24.0 Å². The van der Waals surface area contributed by atoms with Gasteiger partial charge < -0.3 is 10.1 Å². The van der Waals surface area contributed by atoms with Crippen LogP contribution < -0.4 is 0 Å². The Morgan fingerprint density at radius 1 is 1.73 bits per heavy atom. The molecule has 0 aliphatic carbocycles. The minimum Gasteiger partial charge on any atom is -0.342 e. The van der Waals surface area contributed by atoms with Gasteiger partial charge in [0, 0.05) is 28.1 Å². The van der Waals surface area contributed by atoms with E-state index in [0.717, 1.165) is 11.3 Å². The first kappa shape index (κ1) is 10.3. The second-order valence-corrected chi connectivity index (χ2v) is 1.75. The summed E-state index contributed by atoms with van der Waals surface area (Å²) >= 11 is 0. The fraction of sp³-hybridized carbons (Fsp3) is 0.143. The molecule has 0 aromatic carbocycles. The van der Waals surface area contributed by atoms with E-state index in [2.05, 4.69) is 28.0 Å². The topological polar surface area (TPSA) is 41.0 Å². The van der Waals surface area contributed by atoms with E-state index in [1.54, 1.807) is 19.3 Å². The van der Waals surface area contributed by atoms with Gasteiger partial charge in [0.1, 0.15) is 0 Å². The number of rotatable bonds is 2. The fourth-order valence-electron chi connectivity index (χ4n) is 0.652. The van der Waals surface area contributed by atoms with E-state index in [4.69, 9.17) is 0 Å². The number of hydrogen-bond donors (Lipinski definition) is 1. The molecule has 0 unspecified atom stereocenters. The maximum Gasteiger partial charge on any atom is 0.0265 e. The summed E-state index contributed by atoms with van der Waals surface area (Å²) in [5.41, 5.74) is 1.70. The van der Waals surface area contributed by atoms with Crippen LogP contribution in [0.2, 0.25) is 0 Å². The molecule has 0 aliphatic heterocycles. The average Bonchev–Trinajstić information content (AvgIpc) is 2.36. The van der Waals surface area contributed by atoms with Crippen LogP contribution in [0, 0.1) is 6.20 Å². The van der Waals surface area contributed by atoms with Gasteiger partial charge in [-0.25, -0.2) is 0 Å². The average molecular weight is 318 g/mol. The predicted molar refractivity (Wildman–Crippen MR) is 41.0 cm³/mol. The minimum atomic E-state index is 0. The molecule has 1 aromatic rings. The van der Waals surface area contributed by atoms with Crippen molar-refractivity contribution in [2.45, 2.75) is 0 Å². The molecule has 0 fully saturated rings. The smallest absolute Gasteiger partial charge is 0.0265 e. The van der Waals surface area contributed by atoms with Crippen LogP contribution in [0.25, 0.3) is 6.08 Å². The van der Waals surface area contributed by atoms with Crippen molar-refractivity contribution in [3.63, 3.8) is 0 Å². The zero-order chi connectivity index (χ0) is 7.40. The molecule has 1 aromatic heterocycles. The third-order valence-electron chi connectivity index (χ3n) is 1.11. The van der Waals surface area contributed by atoms with Crippen LogP contribution in [0.15, 0.2) is 11.6 Å². The number of nitrogens with zero attached hydrogens (tertiary/aromatic N) is 2. The van der Waals surface area contributed by atoms with Gasteiger partial charge in [-0.15, -0.1) is 5.56 Å². The fourth-order valence-corrected chi connectivity index (χ4v) is 0.652. The molecule has 0 bridgehead atoms. The number of nitrogens with one attached hydrogen (secondary N) is 1. The van der Waals surface area contributed by atoms with Crippen molar-refractivity contribution in [2.75, 3.05) is 7.05 Å². The van der Waals surface area contributed by atoms with Crippen LogP contribution in [0.4, 0.5) is 0 Å². The normalized spacial score (nSPS) is 9.55. The van der Waals surface area contributed by atoms with Crippen LogP contribution in [-0.4, -0.2) is 23.5 Å². The van der Waals surface area contributed by atoms with Crippen molar-refractivity contribution >= 4 is 12.3 Å². The molecule has 58 valence electrons. The Morgan fingerprint density at radius 3 is 3.00 bits per heavy atom. The Kier molecular flexibility index (Phi) is 4.71. The van der Waals surface area contributed by atoms with Crippen LogP contribution in [0.3, 0.4) is 0 Å². The van der Waals surface area contributed by atoms with Crippen molar-refractivity contribution in [2.24, 2.45) is 4.99 Å². The molecule has 1 rings (SSSR count). The molecular formula is C7H8N3W-. The number of aromatic nitrogens is 2. The maximum atomic E-state index is 3.82. The zero-order valence-electron chi connectivity index (χ0n) is 6.16. The summed E-state index contributed by atoms with van der Waals surface area (Å²) in [5, 5.41) is 6.43. The first-order chi connectivity index (χ1) is 4.88. The number of aromatic amines is 1. The quantitative estimate of drug-likeness (QED) is 0.639. The van der Waals surface area contributed by atoms with Crippen molar-refractivity contribution in [1.29, 1.82) is 0 Å². The Hall–Kier alpha value is -0.692. The molecule has 4 heteroatoms. The molecule has 0 atom stereocenters. The molecule has 0 amide bonds. The second kappa shape index (κ2) is 5.02. The summed E-state index contributed by atoms with van der Waals surface area (Å²) in [7, 11) is 1.70. The molecule has 3 nitrogen and oxygen atoms in total. The molecule has 11 heavy (non-hydrogen) atoms. The Balaban J connectivity index is 0.000001000. The van der Waals surface area contributed by atoms with E-state index in [-0.39, 0.29) is 21.1 Å². The van der Waals surface area contributed by atoms with Crippen LogP contribution in [-0.2, 0) is 21.1 Å². The molecule has 1 heterocycles. The zero-order valence-corrected chi connectivity index (χ0v) is 9.10. The van der Waals surface area contributed by atoms with Gasteiger partial charge in [-0.1, -0.05) is 0 Å². The first-order valence-electron chi connectivity index (χ1n) is 2.89. The number of H-pyrrole nitrogens is 1. The second-order valence-electron chi connectivity index (χ2n) is 1.75. The number of aliphatic imine (C=N–C) groups is 1. The van der Waals surface area contributed by atoms with Gasteiger partial charge in [0.25, 0.3) is 0 Å². The molecule has 1 N–H and O–H groups in total. The van der Waals surface area contributed by atoms with E-state index in [1.807, 2.05) is 0 Å². The largest absolute Gasteiger partial charge is 0.342 e. The molecule has 0 spiro atoms. The van der Waals surface area contributed by atoms with Gasteiger partial charge in [-0.3, -0.25) is 5.10 Å². The van der Waals surface area contributed by atoms with Gasteiger partial charge in [0.05, 0.1) is 0 Å². The third kappa shape index (κ3) is 2.43. The van der Waals surface area contributed by atoms with Gasteiger partial charge in [-0.05, 0) is 18.1 Å². The van der Waals surface area contributed by atoms with E-state index < -0.39 is 0 Å². The third-order valence-corrected chi connectivity index (χ3v) is 1.11. The Morgan fingerprint density at radius 2 is 2.45 bits per heavy atom. The number of hydrogen-bond acceptors (Lipinski definition) is 2. The summed E-state index contributed by atoms with van der Waals surface area (Å²) in [4.78, 5) is 3.82. The van der Waals surface area contributed by atoms with Crippen LogP contribution in [0.5, 0.6) is 0 Å². The Bertz CT molecular complexity index is 252. The van der Waals surface area contributed by atoms with E-state index >= 15 is 0 Å². The standard InChI is InChI=1S/C7H8N3.W/c1-3-6-4-9-10-7(6)5-8-2;/h3,5H,1H2,2H3,(H,9,10);/q-1;. The van der Waals surface area contributed by atoms with Crippen molar-refractivity contribution in [3.8, 4) is 0 Å². The monoisotopic (exact) mass is 318 g/mol. The predicted octanol–water partition coefficient (Wildman–Crippen LogP) is 0.899. The van der Waals surface area contributed by atoms with Crippen molar-refractivity contribution < 1.29 is 21.1 Å². The van der Waals surface area contributed by atoms with Crippen LogP contribution in [0.1, 0.15) is 11.3 Å². The molecule has 0 saturated carbocycles. The summed E-state index contributed by atoms with van der Waals surface area (Å²) in [6, 6.07) is 0. The Labute approximate surface area is 79.9 Å². The summed E-state index contributed by atoms with van der Waals surface area (Å²) < 4.78 is 0. The minimum absolute atomic E-state index is 0. The van der Waals surface area contributed by atoms with Gasteiger partial charge in [0.2, 0.25) is 0 Å². The summed E-state index contributed by atoms with van der Waals surface area (Å²) in [5.74, 6) is 0. The molecule has 0 radical (unpaired) electrons. The van der Waals surface area contributed by atoms with Crippen LogP contribution >= 0.6 is 0 Å². The van der Waals surface area contributed by atoms with Gasteiger partial charge in [0.15, 0.2) is 0 Å². The summed E-state index contributed by atoms with van der Waals surface area (Å²) in [6.45, 7) is 3.59. The SMILES string of the molecule is C=Cc1[c-]n[nH]c1C=NC.[W].